The summed E-state index contributed by atoms with van der Waals surface area (Å²) in [4.78, 5) is 31.3. The van der Waals surface area contributed by atoms with Crippen molar-refractivity contribution >= 4 is 17.2 Å². The first-order valence-corrected chi connectivity index (χ1v) is 10.1. The number of carbonyl (C=O) groups excluding carboxylic acids is 1. The Labute approximate surface area is 151 Å². The summed E-state index contributed by atoms with van der Waals surface area (Å²) in [5.41, 5.74) is 3.47. The van der Waals surface area contributed by atoms with Crippen molar-refractivity contribution < 1.29 is 4.79 Å². The minimum Gasteiger partial charge on any atom is -0.333 e. The Hall–Kier alpha value is -1.88. The molecule has 0 spiro atoms. The monoisotopic (exact) mass is 356 g/mol. The number of hydrogen-bond acceptors (Lipinski definition) is 3. The molecule has 0 saturated carbocycles. The fourth-order valence-corrected chi connectivity index (χ4v) is 5.33. The number of hydrogen-bond donors (Lipinski definition) is 1. The van der Waals surface area contributed by atoms with Crippen LogP contribution in [0.2, 0.25) is 0 Å². The first-order valence-electron chi connectivity index (χ1n) is 9.25. The average molecular weight is 356 g/mol. The predicted molar refractivity (Wildman–Crippen MR) is 100 cm³/mol. The molecule has 1 aliphatic heterocycles. The lowest BCUT2D eigenvalue weighted by atomic mass is 9.85. The van der Waals surface area contributed by atoms with Crippen molar-refractivity contribution in [2.24, 2.45) is 5.92 Å². The Morgan fingerprint density at radius 1 is 1.28 bits per heavy atom. The number of aromatic nitrogens is 1. The van der Waals surface area contributed by atoms with E-state index in [1.165, 1.54) is 29.7 Å². The minimum atomic E-state index is -0.0638. The highest BCUT2D eigenvalue weighted by atomic mass is 32.1. The van der Waals surface area contributed by atoms with Crippen molar-refractivity contribution in [3.05, 3.63) is 55.1 Å². The predicted octanol–water partition coefficient (Wildman–Crippen LogP) is 3.54. The van der Waals surface area contributed by atoms with Crippen molar-refractivity contribution in [3.8, 4) is 0 Å². The van der Waals surface area contributed by atoms with E-state index in [4.69, 9.17) is 0 Å². The summed E-state index contributed by atoms with van der Waals surface area (Å²) in [6, 6.07) is 3.81. The molecule has 2 aliphatic rings. The van der Waals surface area contributed by atoms with Crippen molar-refractivity contribution in [2.75, 3.05) is 6.54 Å². The Morgan fingerprint density at radius 3 is 3.00 bits per heavy atom. The van der Waals surface area contributed by atoms with Crippen LogP contribution >= 0.6 is 11.3 Å². The van der Waals surface area contributed by atoms with Gasteiger partial charge in [0.15, 0.2) is 0 Å². The number of aryl methyl sites for hydroxylation is 1. The molecule has 25 heavy (non-hydrogen) atoms. The van der Waals surface area contributed by atoms with Crippen LogP contribution in [0.1, 0.15) is 57.4 Å². The maximum absolute atomic E-state index is 13.0. The molecule has 5 heteroatoms. The van der Waals surface area contributed by atoms with Gasteiger partial charge in [0.25, 0.3) is 5.91 Å². The number of fused-ring (bicyclic) bond motifs is 2. The number of rotatable bonds is 3. The van der Waals surface area contributed by atoms with Crippen LogP contribution in [0.25, 0.3) is 0 Å². The number of H-pyrrole nitrogens is 1. The second-order valence-corrected chi connectivity index (χ2v) is 8.42. The average Bonchev–Trinajstić information content (AvgIpc) is 3.04. The minimum absolute atomic E-state index is 0.0638. The van der Waals surface area contributed by atoms with Gasteiger partial charge in [-0.3, -0.25) is 9.59 Å². The lowest BCUT2D eigenvalue weighted by Gasteiger charge is -2.28. The van der Waals surface area contributed by atoms with Gasteiger partial charge in [-0.15, -0.1) is 11.3 Å². The van der Waals surface area contributed by atoms with Gasteiger partial charge in [0, 0.05) is 30.2 Å². The summed E-state index contributed by atoms with van der Waals surface area (Å²) >= 11 is 1.69. The number of amides is 1. The molecule has 3 heterocycles. The van der Waals surface area contributed by atoms with Crippen molar-refractivity contribution in [2.45, 2.75) is 52.0 Å². The third-order valence-corrected chi connectivity index (χ3v) is 6.72. The molecule has 2 aromatic rings. The molecule has 0 saturated heterocycles. The third kappa shape index (κ3) is 3.30. The van der Waals surface area contributed by atoms with Crippen LogP contribution in [0.5, 0.6) is 0 Å². The van der Waals surface area contributed by atoms with Crippen LogP contribution in [0.15, 0.2) is 23.1 Å². The van der Waals surface area contributed by atoms with E-state index >= 15 is 0 Å². The number of nitrogens with zero attached hydrogens (tertiary/aromatic N) is 1. The Morgan fingerprint density at radius 2 is 2.16 bits per heavy atom. The van der Waals surface area contributed by atoms with E-state index in [9.17, 15) is 9.59 Å². The SMILES string of the molecule is CCCC1CCc2sc(C(=O)N3CCc4cc(=O)[nH]cc4C3)cc2C1. The highest BCUT2D eigenvalue weighted by Crippen LogP contribution is 2.35. The van der Waals surface area contributed by atoms with E-state index in [1.807, 2.05) is 4.90 Å². The van der Waals surface area contributed by atoms with Gasteiger partial charge in [-0.2, -0.15) is 0 Å². The van der Waals surface area contributed by atoms with Gasteiger partial charge >= 0.3 is 0 Å². The Kier molecular flexibility index (Phi) is 4.50. The van der Waals surface area contributed by atoms with Crippen LogP contribution in [-0.2, 0) is 25.8 Å². The van der Waals surface area contributed by atoms with E-state index in [-0.39, 0.29) is 11.5 Å². The fourth-order valence-electron chi connectivity index (χ4n) is 4.15. The molecule has 2 aromatic heterocycles. The van der Waals surface area contributed by atoms with Crippen molar-refractivity contribution in [1.82, 2.24) is 9.88 Å². The zero-order chi connectivity index (χ0) is 17.4. The van der Waals surface area contributed by atoms with Crippen molar-refractivity contribution in [3.63, 3.8) is 0 Å². The summed E-state index contributed by atoms with van der Waals surface area (Å²) in [7, 11) is 0. The van der Waals surface area contributed by atoms with Crippen LogP contribution in [0.4, 0.5) is 0 Å². The van der Waals surface area contributed by atoms with Crippen LogP contribution < -0.4 is 5.56 Å². The van der Waals surface area contributed by atoms with Gasteiger partial charge in [0.1, 0.15) is 0 Å². The third-order valence-electron chi connectivity index (χ3n) is 5.50. The molecular weight excluding hydrogens is 332 g/mol. The van der Waals surface area contributed by atoms with Crippen molar-refractivity contribution in [1.29, 1.82) is 0 Å². The van der Waals surface area contributed by atoms with Gasteiger partial charge in [0.05, 0.1) is 4.88 Å². The molecule has 1 atom stereocenters. The fraction of sp³-hybridized carbons (Fsp3) is 0.500. The van der Waals surface area contributed by atoms with Crippen LogP contribution in [0.3, 0.4) is 0 Å². The summed E-state index contributed by atoms with van der Waals surface area (Å²) in [6.07, 6.45) is 8.57. The van der Waals surface area contributed by atoms with E-state index in [0.29, 0.717) is 13.1 Å². The number of carbonyl (C=O) groups is 1. The van der Waals surface area contributed by atoms with E-state index in [0.717, 1.165) is 41.2 Å². The summed E-state index contributed by atoms with van der Waals surface area (Å²) in [5, 5.41) is 0. The van der Waals surface area contributed by atoms with Gasteiger partial charge in [-0.05, 0) is 54.4 Å². The largest absolute Gasteiger partial charge is 0.333 e. The molecule has 1 amide bonds. The zero-order valence-corrected chi connectivity index (χ0v) is 15.5. The Balaban J connectivity index is 1.51. The van der Waals surface area contributed by atoms with E-state index < -0.39 is 0 Å². The highest BCUT2D eigenvalue weighted by molar-refractivity contribution is 7.14. The molecule has 0 aromatic carbocycles. The van der Waals surface area contributed by atoms with Gasteiger partial charge < -0.3 is 9.88 Å². The molecule has 1 aliphatic carbocycles. The maximum atomic E-state index is 13.0. The van der Waals surface area contributed by atoms with Gasteiger partial charge in [0.2, 0.25) is 5.56 Å². The number of thiophene rings is 1. The number of pyridine rings is 1. The maximum Gasteiger partial charge on any atom is 0.264 e. The topological polar surface area (TPSA) is 53.2 Å². The zero-order valence-electron chi connectivity index (χ0n) is 14.6. The Bertz CT molecular complexity index is 852. The van der Waals surface area contributed by atoms with E-state index in [1.54, 1.807) is 23.6 Å². The lowest BCUT2D eigenvalue weighted by molar-refractivity contribution is 0.0739. The number of aromatic amines is 1. The second-order valence-electron chi connectivity index (χ2n) is 7.28. The number of nitrogens with one attached hydrogen (secondary N) is 1. The smallest absolute Gasteiger partial charge is 0.264 e. The first kappa shape index (κ1) is 16.6. The van der Waals surface area contributed by atoms with Gasteiger partial charge in [-0.25, -0.2) is 0 Å². The molecule has 0 radical (unpaired) electrons. The molecule has 1 unspecified atom stereocenters. The molecule has 132 valence electrons. The van der Waals surface area contributed by atoms with Crippen LogP contribution in [-0.4, -0.2) is 22.3 Å². The normalized spacial score (nSPS) is 19.4. The molecule has 4 nitrogen and oxygen atoms in total. The molecule has 0 fully saturated rings. The van der Waals surface area contributed by atoms with Gasteiger partial charge in [-0.1, -0.05) is 19.8 Å². The molecule has 4 rings (SSSR count). The summed E-state index contributed by atoms with van der Waals surface area (Å²) in [5.74, 6) is 0.928. The standard InChI is InChI=1S/C20H24N2O2S/c1-2-3-13-4-5-17-15(8-13)9-18(25-17)20(24)22-7-6-14-10-19(23)21-11-16(14)12-22/h9-11,13H,2-8,12H2,1H3,(H,21,23). The molecule has 0 bridgehead atoms. The summed E-state index contributed by atoms with van der Waals surface area (Å²) in [6.45, 7) is 3.53. The lowest BCUT2D eigenvalue weighted by Crippen LogP contribution is -2.36. The second kappa shape index (κ2) is 6.79. The summed E-state index contributed by atoms with van der Waals surface area (Å²) < 4.78 is 0. The molecular formula is C20H24N2O2S. The highest BCUT2D eigenvalue weighted by Gasteiger charge is 2.26. The van der Waals surface area contributed by atoms with E-state index in [2.05, 4.69) is 18.0 Å². The molecule has 1 N–H and O–H groups in total. The first-order chi connectivity index (χ1) is 12.1. The quantitative estimate of drug-likeness (QED) is 0.914. The van der Waals surface area contributed by atoms with Crippen LogP contribution in [0, 0.1) is 5.92 Å².